The second-order valence-corrected chi connectivity index (χ2v) is 8.85. The van der Waals surface area contributed by atoms with E-state index in [1.807, 2.05) is 18.2 Å². The van der Waals surface area contributed by atoms with Gasteiger partial charge in [0.15, 0.2) is 11.5 Å². The Bertz CT molecular complexity index is 728. The minimum Gasteiger partial charge on any atom is -0.454 e. The molecule has 1 aromatic carbocycles. The molecular weight excluding hydrogens is 354 g/mol. The maximum atomic E-state index is 12.4. The lowest BCUT2D eigenvalue weighted by molar-refractivity contribution is 0.173. The third-order valence-corrected chi connectivity index (χ3v) is 6.70. The highest BCUT2D eigenvalue weighted by Crippen LogP contribution is 2.36. The van der Waals surface area contributed by atoms with Crippen molar-refractivity contribution in [2.24, 2.45) is 0 Å². The predicted octanol–water partition coefficient (Wildman–Crippen LogP) is 1.92. The molecule has 0 bridgehead atoms. The molecule has 2 aliphatic heterocycles. The zero-order valence-electron chi connectivity index (χ0n) is 14.9. The summed E-state index contributed by atoms with van der Waals surface area (Å²) in [6.45, 7) is 2.56. The number of rotatable bonds is 7. The normalized spacial score (nSPS) is 22.2. The number of hydrogen-bond acceptors (Lipinski definition) is 5. The Morgan fingerprint density at radius 2 is 1.81 bits per heavy atom. The van der Waals surface area contributed by atoms with E-state index in [9.17, 15) is 8.42 Å². The summed E-state index contributed by atoms with van der Waals surface area (Å²) in [5, 5.41) is 0. The first-order chi connectivity index (χ1) is 12.6. The number of ether oxygens (including phenoxy) is 2. The smallest absolute Gasteiger partial charge is 0.277 e. The van der Waals surface area contributed by atoms with Gasteiger partial charge in [0, 0.05) is 18.6 Å². The SMILES string of the molecule is O=S(=O)(NCC(c1ccc2c(c1)OCO2)N1CCCC1)NC1CCCC1. The number of benzene rings is 1. The zero-order chi connectivity index (χ0) is 18.0. The van der Waals surface area contributed by atoms with Gasteiger partial charge in [-0.3, -0.25) is 4.90 Å². The maximum absolute atomic E-state index is 12.4. The first kappa shape index (κ1) is 18.0. The Labute approximate surface area is 155 Å². The van der Waals surface area contributed by atoms with Crippen molar-refractivity contribution in [3.8, 4) is 11.5 Å². The van der Waals surface area contributed by atoms with Crippen LogP contribution in [0.2, 0.25) is 0 Å². The van der Waals surface area contributed by atoms with Crippen LogP contribution < -0.4 is 18.9 Å². The minimum absolute atomic E-state index is 0.00727. The molecule has 8 heteroatoms. The summed E-state index contributed by atoms with van der Waals surface area (Å²) in [5.74, 6) is 1.48. The van der Waals surface area contributed by atoms with E-state index in [-0.39, 0.29) is 18.9 Å². The lowest BCUT2D eigenvalue weighted by Crippen LogP contribution is -2.45. The van der Waals surface area contributed by atoms with Crippen LogP contribution in [0.4, 0.5) is 0 Å². The van der Waals surface area contributed by atoms with Crippen molar-refractivity contribution in [2.75, 3.05) is 26.4 Å². The van der Waals surface area contributed by atoms with Crippen LogP contribution in [0.3, 0.4) is 0 Å². The molecule has 4 rings (SSSR count). The van der Waals surface area contributed by atoms with E-state index in [1.165, 1.54) is 0 Å². The maximum Gasteiger partial charge on any atom is 0.277 e. The van der Waals surface area contributed by atoms with Gasteiger partial charge < -0.3 is 9.47 Å². The fourth-order valence-corrected chi connectivity index (χ4v) is 5.26. The molecule has 3 aliphatic rings. The largest absolute Gasteiger partial charge is 0.454 e. The molecule has 0 spiro atoms. The molecule has 1 unspecified atom stereocenters. The third kappa shape index (κ3) is 4.14. The van der Waals surface area contributed by atoms with Crippen molar-refractivity contribution in [3.63, 3.8) is 0 Å². The first-order valence-corrected chi connectivity index (χ1v) is 11.0. The van der Waals surface area contributed by atoms with Crippen molar-refractivity contribution in [2.45, 2.75) is 50.6 Å². The van der Waals surface area contributed by atoms with Crippen molar-refractivity contribution < 1.29 is 17.9 Å². The van der Waals surface area contributed by atoms with E-state index in [1.54, 1.807) is 0 Å². The van der Waals surface area contributed by atoms with Crippen LogP contribution in [0.1, 0.15) is 50.1 Å². The molecule has 0 aromatic heterocycles. The number of nitrogens with zero attached hydrogens (tertiary/aromatic N) is 1. The van der Waals surface area contributed by atoms with Crippen molar-refractivity contribution in [1.29, 1.82) is 0 Å². The van der Waals surface area contributed by atoms with Crippen LogP contribution in [0, 0.1) is 0 Å². The Kier molecular flexibility index (Phi) is 5.35. The molecule has 2 N–H and O–H groups in total. The predicted molar refractivity (Wildman–Crippen MR) is 98.4 cm³/mol. The molecule has 2 fully saturated rings. The Balaban J connectivity index is 1.47. The molecular formula is C18H27N3O4S. The molecule has 1 saturated heterocycles. The molecule has 1 aliphatic carbocycles. The van der Waals surface area contributed by atoms with Crippen LogP contribution in [-0.4, -0.2) is 45.8 Å². The van der Waals surface area contributed by atoms with Gasteiger partial charge in [-0.15, -0.1) is 0 Å². The average molecular weight is 381 g/mol. The van der Waals surface area contributed by atoms with E-state index < -0.39 is 10.2 Å². The number of hydrogen-bond donors (Lipinski definition) is 2. The van der Waals surface area contributed by atoms with Gasteiger partial charge in [-0.1, -0.05) is 18.9 Å². The summed E-state index contributed by atoms with van der Waals surface area (Å²) in [6.07, 6.45) is 6.35. The van der Waals surface area contributed by atoms with Gasteiger partial charge in [0.1, 0.15) is 0 Å². The molecule has 2 heterocycles. The second-order valence-electron chi connectivity index (χ2n) is 7.32. The van der Waals surface area contributed by atoms with Gasteiger partial charge in [-0.2, -0.15) is 13.1 Å². The van der Waals surface area contributed by atoms with Crippen molar-refractivity contribution in [3.05, 3.63) is 23.8 Å². The fraction of sp³-hybridized carbons (Fsp3) is 0.667. The highest BCUT2D eigenvalue weighted by molar-refractivity contribution is 7.87. The molecule has 1 saturated carbocycles. The summed E-state index contributed by atoms with van der Waals surface area (Å²) < 4.78 is 41.3. The van der Waals surface area contributed by atoms with Gasteiger partial charge in [-0.05, 0) is 56.5 Å². The molecule has 26 heavy (non-hydrogen) atoms. The summed E-state index contributed by atoms with van der Waals surface area (Å²) in [7, 11) is -3.49. The average Bonchev–Trinajstić information content (AvgIpc) is 3.37. The van der Waals surface area contributed by atoms with E-state index in [0.29, 0.717) is 6.54 Å². The fourth-order valence-electron chi connectivity index (χ4n) is 4.12. The minimum atomic E-state index is -3.49. The molecule has 144 valence electrons. The lowest BCUT2D eigenvalue weighted by atomic mass is 10.1. The molecule has 0 amide bonds. The van der Waals surface area contributed by atoms with E-state index in [2.05, 4.69) is 14.3 Å². The van der Waals surface area contributed by atoms with Crippen LogP contribution in [-0.2, 0) is 10.2 Å². The summed E-state index contributed by atoms with van der Waals surface area (Å²) >= 11 is 0. The number of fused-ring (bicyclic) bond motifs is 1. The third-order valence-electron chi connectivity index (χ3n) is 5.51. The van der Waals surface area contributed by atoms with Crippen molar-refractivity contribution in [1.82, 2.24) is 14.3 Å². The first-order valence-electron chi connectivity index (χ1n) is 9.51. The zero-order valence-corrected chi connectivity index (χ0v) is 15.8. The monoisotopic (exact) mass is 381 g/mol. The summed E-state index contributed by atoms with van der Waals surface area (Å²) in [6, 6.07) is 5.96. The van der Waals surface area contributed by atoms with E-state index >= 15 is 0 Å². The number of nitrogens with one attached hydrogen (secondary N) is 2. The van der Waals surface area contributed by atoms with Gasteiger partial charge in [0.2, 0.25) is 6.79 Å². The molecule has 1 aromatic rings. The highest BCUT2D eigenvalue weighted by Gasteiger charge is 2.28. The standard InChI is InChI=1S/C18H27N3O4S/c22-26(23,20-15-5-1-2-6-15)19-12-16(21-9-3-4-10-21)14-7-8-17-18(11-14)25-13-24-17/h7-8,11,15-16,19-20H,1-6,9-10,12-13H2. The van der Waals surface area contributed by atoms with Gasteiger partial charge in [0.25, 0.3) is 10.2 Å². The van der Waals surface area contributed by atoms with Crippen LogP contribution in [0.5, 0.6) is 11.5 Å². The summed E-state index contributed by atoms with van der Waals surface area (Å²) in [5.41, 5.74) is 1.06. The quantitative estimate of drug-likeness (QED) is 0.754. The van der Waals surface area contributed by atoms with Gasteiger partial charge in [-0.25, -0.2) is 4.72 Å². The molecule has 1 atom stereocenters. The van der Waals surface area contributed by atoms with E-state index in [0.717, 1.165) is 68.7 Å². The topological polar surface area (TPSA) is 79.9 Å². The highest BCUT2D eigenvalue weighted by atomic mass is 32.2. The molecule has 7 nitrogen and oxygen atoms in total. The van der Waals surface area contributed by atoms with E-state index in [4.69, 9.17) is 9.47 Å². The Morgan fingerprint density at radius 3 is 2.58 bits per heavy atom. The lowest BCUT2D eigenvalue weighted by Gasteiger charge is -2.28. The Hall–Kier alpha value is -1.35. The van der Waals surface area contributed by atoms with Crippen LogP contribution in [0.25, 0.3) is 0 Å². The molecule has 0 radical (unpaired) electrons. The Morgan fingerprint density at radius 1 is 1.08 bits per heavy atom. The second kappa shape index (κ2) is 7.72. The van der Waals surface area contributed by atoms with Crippen molar-refractivity contribution >= 4 is 10.2 Å². The van der Waals surface area contributed by atoms with Crippen LogP contribution in [0.15, 0.2) is 18.2 Å². The summed E-state index contributed by atoms with van der Waals surface area (Å²) in [4.78, 5) is 2.34. The van der Waals surface area contributed by atoms with Gasteiger partial charge in [0.05, 0.1) is 0 Å². The van der Waals surface area contributed by atoms with Crippen LogP contribution >= 0.6 is 0 Å². The van der Waals surface area contributed by atoms with Gasteiger partial charge >= 0.3 is 0 Å². The number of likely N-dealkylation sites (tertiary alicyclic amines) is 1.